The van der Waals surface area contributed by atoms with Crippen LogP contribution in [-0.2, 0) is 17.8 Å². The molecule has 2 radical (unpaired) electrons. The van der Waals surface area contributed by atoms with Gasteiger partial charge in [-0.05, 0) is 29.7 Å². The molecule has 0 bridgehead atoms. The van der Waals surface area contributed by atoms with E-state index in [1.165, 1.54) is 12.1 Å². The topological polar surface area (TPSA) is 83.8 Å². The molecule has 5 nitrogen and oxygen atoms in total. The van der Waals surface area contributed by atoms with Gasteiger partial charge < -0.3 is 14.9 Å². The first-order valence-electron chi connectivity index (χ1n) is 6.79. The van der Waals surface area contributed by atoms with Crippen LogP contribution in [0.15, 0.2) is 48.5 Å². The molecule has 2 N–H and O–H groups in total. The van der Waals surface area contributed by atoms with Gasteiger partial charge >= 0.3 is 11.9 Å². The Hall–Kier alpha value is -0.660. The van der Waals surface area contributed by atoms with Crippen LogP contribution in [0.2, 0.25) is 0 Å². The van der Waals surface area contributed by atoms with Crippen molar-refractivity contribution >= 4 is 71.1 Å². The molecule has 2 aromatic rings. The van der Waals surface area contributed by atoms with Crippen molar-refractivity contribution in [1.82, 2.24) is 0 Å². The van der Waals surface area contributed by atoms with Gasteiger partial charge in [-0.25, -0.2) is 9.59 Å². The molecule has 24 heavy (non-hydrogen) atoms. The van der Waals surface area contributed by atoms with Gasteiger partial charge in [0, 0.05) is 59.1 Å². The Morgan fingerprint density at radius 2 is 1.46 bits per heavy atom. The van der Waals surface area contributed by atoms with Crippen molar-refractivity contribution in [2.75, 3.05) is 6.61 Å². The van der Waals surface area contributed by atoms with E-state index in [4.69, 9.17) is 14.9 Å². The number of carboxylic acids is 2. The molecule has 0 spiro atoms. The van der Waals surface area contributed by atoms with Crippen molar-refractivity contribution in [2.24, 2.45) is 0 Å². The van der Waals surface area contributed by atoms with Gasteiger partial charge in [0.05, 0.1) is 24.3 Å². The van der Waals surface area contributed by atoms with Gasteiger partial charge in [0.2, 0.25) is 0 Å². The second-order valence-electron chi connectivity index (χ2n) is 4.78. The molecule has 7 heteroatoms. The summed E-state index contributed by atoms with van der Waals surface area (Å²) in [7, 11) is 0. The van der Waals surface area contributed by atoms with Crippen LogP contribution in [0, 0.1) is 0 Å². The van der Waals surface area contributed by atoms with Crippen LogP contribution in [0.4, 0.5) is 0 Å². The molecule has 2 rings (SSSR count). The van der Waals surface area contributed by atoms with Crippen LogP contribution in [0.5, 0.6) is 0 Å². The fraction of sp³-hybridized carbons (Fsp3) is 0.176. The number of ether oxygens (including phenoxy) is 1. The number of carboxylic acid groups (broad SMARTS) is 2. The molecule has 2 aromatic carbocycles. The van der Waals surface area contributed by atoms with Crippen LogP contribution in [0.1, 0.15) is 31.8 Å². The zero-order chi connectivity index (χ0) is 15.9. The Morgan fingerprint density at radius 1 is 0.833 bits per heavy atom. The van der Waals surface area contributed by atoms with Gasteiger partial charge in [-0.2, -0.15) is 0 Å². The molecule has 116 valence electrons. The molecule has 0 heterocycles. The molecule has 0 aliphatic heterocycles. The molecular formula is C17H16Na2O5. The van der Waals surface area contributed by atoms with Gasteiger partial charge in [0.1, 0.15) is 0 Å². The molecule has 0 aromatic heterocycles. The fourth-order valence-corrected chi connectivity index (χ4v) is 2.06. The van der Waals surface area contributed by atoms with E-state index in [2.05, 4.69) is 0 Å². The van der Waals surface area contributed by atoms with Crippen molar-refractivity contribution < 1.29 is 24.5 Å². The van der Waals surface area contributed by atoms with Crippen molar-refractivity contribution in [2.45, 2.75) is 13.0 Å². The van der Waals surface area contributed by atoms with E-state index < -0.39 is 11.9 Å². The third-order valence-electron chi connectivity index (χ3n) is 3.19. The standard InChI is InChI=1S/C17H16O5.2Na/c18-16(19)14-7-6-12(10-15(14)17(20)21)8-9-22-11-13-4-2-1-3-5-13;;/h1-7,10H,8-9,11H2,(H,18,19)(H,20,21);;. The van der Waals surface area contributed by atoms with Crippen molar-refractivity contribution in [3.63, 3.8) is 0 Å². The summed E-state index contributed by atoms with van der Waals surface area (Å²) < 4.78 is 5.54. The summed E-state index contributed by atoms with van der Waals surface area (Å²) in [6.07, 6.45) is 0.521. The summed E-state index contributed by atoms with van der Waals surface area (Å²) in [5.74, 6) is -2.49. The molecule has 0 fully saturated rings. The second-order valence-corrected chi connectivity index (χ2v) is 4.78. The quantitative estimate of drug-likeness (QED) is 0.592. The molecule has 0 amide bonds. The Labute approximate surface area is 184 Å². The van der Waals surface area contributed by atoms with Crippen molar-refractivity contribution in [3.8, 4) is 0 Å². The maximum absolute atomic E-state index is 11.1. The first-order valence-corrected chi connectivity index (χ1v) is 6.79. The first kappa shape index (κ1) is 23.3. The Balaban J connectivity index is 0.00000264. The molecule has 0 unspecified atom stereocenters. The fourth-order valence-electron chi connectivity index (χ4n) is 2.06. The van der Waals surface area contributed by atoms with E-state index in [0.717, 1.165) is 11.1 Å². The van der Waals surface area contributed by atoms with E-state index in [-0.39, 0.29) is 70.2 Å². The zero-order valence-electron chi connectivity index (χ0n) is 13.9. The maximum atomic E-state index is 11.1. The van der Waals surface area contributed by atoms with E-state index in [0.29, 0.717) is 19.6 Å². The van der Waals surface area contributed by atoms with E-state index in [1.807, 2.05) is 30.3 Å². The predicted octanol–water partition coefficient (Wildman–Crippen LogP) is 2.08. The number of hydrogen-bond acceptors (Lipinski definition) is 3. The average Bonchev–Trinajstić information content (AvgIpc) is 2.52. The number of aromatic carboxylic acids is 2. The van der Waals surface area contributed by atoms with E-state index >= 15 is 0 Å². The first-order chi connectivity index (χ1) is 10.6. The minimum absolute atomic E-state index is 0. The molecule has 0 aliphatic carbocycles. The summed E-state index contributed by atoms with van der Waals surface area (Å²) >= 11 is 0. The van der Waals surface area contributed by atoms with Crippen LogP contribution in [-0.4, -0.2) is 87.9 Å². The number of rotatable bonds is 7. The van der Waals surface area contributed by atoms with Crippen molar-refractivity contribution in [1.29, 1.82) is 0 Å². The maximum Gasteiger partial charge on any atom is 0.336 e. The van der Waals surface area contributed by atoms with Crippen LogP contribution in [0.3, 0.4) is 0 Å². The normalized spacial score (nSPS) is 9.50. The average molecular weight is 346 g/mol. The summed E-state index contributed by atoms with van der Waals surface area (Å²) in [4.78, 5) is 22.1. The molecule has 0 saturated heterocycles. The SMILES string of the molecule is O=C(O)c1ccc(CCOCc2ccccc2)cc1C(=O)O.[Na].[Na]. The van der Waals surface area contributed by atoms with Gasteiger partial charge in [-0.15, -0.1) is 0 Å². The summed E-state index contributed by atoms with van der Waals surface area (Å²) in [5.41, 5.74) is 1.39. The molecule has 0 atom stereocenters. The number of carbonyl (C=O) groups is 2. The van der Waals surface area contributed by atoms with Crippen LogP contribution in [0.25, 0.3) is 0 Å². The minimum atomic E-state index is -1.25. The minimum Gasteiger partial charge on any atom is -0.478 e. The van der Waals surface area contributed by atoms with Crippen LogP contribution >= 0.6 is 0 Å². The number of benzene rings is 2. The summed E-state index contributed by atoms with van der Waals surface area (Å²) in [5, 5.41) is 18.0. The smallest absolute Gasteiger partial charge is 0.336 e. The summed E-state index contributed by atoms with van der Waals surface area (Å²) in [6, 6.07) is 14.0. The Bertz CT molecular complexity index is 674. The predicted molar refractivity (Wildman–Crippen MR) is 91.7 cm³/mol. The van der Waals surface area contributed by atoms with E-state index in [9.17, 15) is 9.59 Å². The summed E-state index contributed by atoms with van der Waals surface area (Å²) in [6.45, 7) is 0.917. The van der Waals surface area contributed by atoms with Crippen molar-refractivity contribution in [3.05, 3.63) is 70.8 Å². The van der Waals surface area contributed by atoms with Gasteiger partial charge in [-0.1, -0.05) is 36.4 Å². The number of hydrogen-bond donors (Lipinski definition) is 2. The van der Waals surface area contributed by atoms with Gasteiger partial charge in [-0.3, -0.25) is 0 Å². The Kier molecular flexibility index (Phi) is 11.5. The van der Waals surface area contributed by atoms with Gasteiger partial charge in [0.25, 0.3) is 0 Å². The largest absolute Gasteiger partial charge is 0.478 e. The Morgan fingerprint density at radius 3 is 2.04 bits per heavy atom. The van der Waals surface area contributed by atoms with Gasteiger partial charge in [0.15, 0.2) is 0 Å². The third kappa shape index (κ3) is 7.07. The zero-order valence-corrected chi connectivity index (χ0v) is 17.9. The molecule has 0 saturated carbocycles. The van der Waals surface area contributed by atoms with E-state index in [1.54, 1.807) is 6.07 Å². The van der Waals surface area contributed by atoms with Crippen LogP contribution < -0.4 is 0 Å². The second kappa shape index (κ2) is 11.8. The monoisotopic (exact) mass is 346 g/mol. The molecule has 0 aliphatic rings. The molecular weight excluding hydrogens is 330 g/mol. The third-order valence-corrected chi connectivity index (χ3v) is 3.19.